The Labute approximate surface area is 155 Å². The summed E-state index contributed by atoms with van der Waals surface area (Å²) < 4.78 is 16.8. The molecule has 3 atom stereocenters. The van der Waals surface area contributed by atoms with Crippen molar-refractivity contribution >= 4 is 12.4 Å². The molecule has 0 radical (unpaired) electrons. The van der Waals surface area contributed by atoms with Gasteiger partial charge < -0.3 is 24.3 Å². The Hall–Kier alpha value is -1.92. The van der Waals surface area contributed by atoms with Crippen molar-refractivity contribution in [2.75, 3.05) is 6.61 Å². The molecule has 1 amide bonds. The molecule has 1 heterocycles. The van der Waals surface area contributed by atoms with Crippen molar-refractivity contribution < 1.29 is 23.8 Å². The number of amides is 1. The number of benzene rings is 1. The standard InChI is InChI=1S/C20H29NO5/c1-20(2,3)26-19(23)21-16(13-15-9-5-4-6-10-15)17(14-22)25-18-11-7-8-12-24-18/h4-6,9-10,14,16-18H,7-8,11-13H2,1-3H3,(H,21,23)/t16-,17+,18?/m0/s1. The van der Waals surface area contributed by atoms with Gasteiger partial charge >= 0.3 is 6.09 Å². The maximum Gasteiger partial charge on any atom is 0.407 e. The van der Waals surface area contributed by atoms with Gasteiger partial charge in [0.2, 0.25) is 0 Å². The topological polar surface area (TPSA) is 73.9 Å². The van der Waals surface area contributed by atoms with E-state index in [-0.39, 0.29) is 0 Å². The first-order valence-electron chi connectivity index (χ1n) is 9.13. The summed E-state index contributed by atoms with van der Waals surface area (Å²) in [7, 11) is 0. The van der Waals surface area contributed by atoms with E-state index in [9.17, 15) is 9.59 Å². The predicted octanol–water partition coefficient (Wildman–Crippen LogP) is 3.23. The Morgan fingerprint density at radius 2 is 2.04 bits per heavy atom. The molecule has 0 saturated carbocycles. The van der Waals surface area contributed by atoms with Gasteiger partial charge in [-0.15, -0.1) is 0 Å². The lowest BCUT2D eigenvalue weighted by atomic mass is 10.0. The number of aldehydes is 1. The van der Waals surface area contributed by atoms with Gasteiger partial charge in [0.05, 0.1) is 6.04 Å². The summed E-state index contributed by atoms with van der Waals surface area (Å²) in [6.07, 6.45) is 2.12. The summed E-state index contributed by atoms with van der Waals surface area (Å²) >= 11 is 0. The first-order chi connectivity index (χ1) is 12.4. The molecule has 1 aliphatic heterocycles. The number of hydrogen-bond acceptors (Lipinski definition) is 5. The van der Waals surface area contributed by atoms with Crippen LogP contribution in [0.4, 0.5) is 4.79 Å². The maximum atomic E-state index is 12.2. The van der Waals surface area contributed by atoms with E-state index in [1.807, 2.05) is 30.3 Å². The van der Waals surface area contributed by atoms with Crippen LogP contribution in [0.25, 0.3) is 0 Å². The smallest absolute Gasteiger partial charge is 0.407 e. The first-order valence-corrected chi connectivity index (χ1v) is 9.13. The Morgan fingerprint density at radius 1 is 1.31 bits per heavy atom. The molecule has 1 aliphatic rings. The van der Waals surface area contributed by atoms with Crippen molar-refractivity contribution in [3.05, 3.63) is 35.9 Å². The number of carbonyl (C=O) groups is 2. The van der Waals surface area contributed by atoms with Gasteiger partial charge in [-0.3, -0.25) is 0 Å². The summed E-state index contributed by atoms with van der Waals surface area (Å²) in [4.78, 5) is 23.9. The summed E-state index contributed by atoms with van der Waals surface area (Å²) in [5, 5.41) is 2.79. The van der Waals surface area contributed by atoms with Crippen molar-refractivity contribution in [2.24, 2.45) is 0 Å². The second-order valence-electron chi connectivity index (χ2n) is 7.48. The van der Waals surface area contributed by atoms with Crippen LogP contribution >= 0.6 is 0 Å². The van der Waals surface area contributed by atoms with Crippen LogP contribution in [-0.2, 0) is 25.4 Å². The number of carbonyl (C=O) groups excluding carboxylic acids is 2. The zero-order valence-corrected chi connectivity index (χ0v) is 15.8. The van der Waals surface area contributed by atoms with Gasteiger partial charge in [0.1, 0.15) is 11.7 Å². The Morgan fingerprint density at radius 3 is 2.62 bits per heavy atom. The van der Waals surface area contributed by atoms with Gasteiger partial charge in [-0.05, 0) is 52.0 Å². The van der Waals surface area contributed by atoms with Crippen molar-refractivity contribution in [3.63, 3.8) is 0 Å². The predicted molar refractivity (Wildman–Crippen MR) is 97.8 cm³/mol. The normalized spacial score (nSPS) is 20.0. The van der Waals surface area contributed by atoms with E-state index in [1.165, 1.54) is 0 Å². The molecule has 1 fully saturated rings. The van der Waals surface area contributed by atoms with Crippen molar-refractivity contribution in [3.8, 4) is 0 Å². The molecule has 144 valence electrons. The van der Waals surface area contributed by atoms with Gasteiger partial charge in [-0.2, -0.15) is 0 Å². The van der Waals surface area contributed by atoms with Gasteiger partial charge in [0.25, 0.3) is 0 Å². The Kier molecular flexibility index (Phi) is 7.60. The lowest BCUT2D eigenvalue weighted by Crippen LogP contribution is -2.49. The molecule has 0 aromatic heterocycles. The molecule has 1 unspecified atom stereocenters. The van der Waals surface area contributed by atoms with E-state index >= 15 is 0 Å². The molecule has 6 nitrogen and oxygen atoms in total. The molecule has 2 rings (SSSR count). The van der Waals surface area contributed by atoms with Crippen LogP contribution < -0.4 is 5.32 Å². The zero-order chi connectivity index (χ0) is 19.0. The summed E-state index contributed by atoms with van der Waals surface area (Å²) in [6.45, 7) is 6.01. The van der Waals surface area contributed by atoms with E-state index in [1.54, 1.807) is 20.8 Å². The fraction of sp³-hybridized carbons (Fsp3) is 0.600. The highest BCUT2D eigenvalue weighted by atomic mass is 16.7. The minimum Gasteiger partial charge on any atom is -0.444 e. The number of ether oxygens (including phenoxy) is 3. The lowest BCUT2D eigenvalue weighted by molar-refractivity contribution is -0.191. The largest absolute Gasteiger partial charge is 0.444 e. The summed E-state index contributed by atoms with van der Waals surface area (Å²) in [6, 6.07) is 9.10. The third kappa shape index (κ3) is 7.14. The van der Waals surface area contributed by atoms with Gasteiger partial charge in [-0.1, -0.05) is 30.3 Å². The van der Waals surface area contributed by atoms with Gasteiger partial charge in [-0.25, -0.2) is 4.79 Å². The second kappa shape index (κ2) is 9.69. The average Bonchev–Trinajstić information content (AvgIpc) is 2.59. The van der Waals surface area contributed by atoms with Crippen LogP contribution in [0.5, 0.6) is 0 Å². The zero-order valence-electron chi connectivity index (χ0n) is 15.8. The van der Waals surface area contributed by atoms with Crippen molar-refractivity contribution in [1.82, 2.24) is 5.32 Å². The summed E-state index contributed by atoms with van der Waals surface area (Å²) in [5.74, 6) is 0. The van der Waals surface area contributed by atoms with Gasteiger partial charge in [0.15, 0.2) is 12.6 Å². The van der Waals surface area contributed by atoms with E-state index in [0.29, 0.717) is 13.0 Å². The van der Waals surface area contributed by atoms with Crippen LogP contribution in [0.2, 0.25) is 0 Å². The molecule has 1 saturated heterocycles. The lowest BCUT2D eigenvalue weighted by Gasteiger charge is -2.31. The minimum atomic E-state index is -0.814. The highest BCUT2D eigenvalue weighted by Gasteiger charge is 2.29. The van der Waals surface area contributed by atoms with Crippen LogP contribution in [0, 0.1) is 0 Å². The fourth-order valence-corrected chi connectivity index (χ4v) is 2.79. The minimum absolute atomic E-state index is 0.419. The van der Waals surface area contributed by atoms with E-state index in [0.717, 1.165) is 31.1 Å². The highest BCUT2D eigenvalue weighted by molar-refractivity contribution is 5.69. The quantitative estimate of drug-likeness (QED) is 0.753. The first kappa shape index (κ1) is 20.4. The van der Waals surface area contributed by atoms with Crippen molar-refractivity contribution in [1.29, 1.82) is 0 Å². The SMILES string of the molecule is CC(C)(C)OC(=O)N[C@@H](Cc1ccccc1)[C@@H](C=O)OC1CCCCO1. The fourth-order valence-electron chi connectivity index (χ4n) is 2.79. The highest BCUT2D eigenvalue weighted by Crippen LogP contribution is 2.18. The maximum absolute atomic E-state index is 12.2. The van der Waals surface area contributed by atoms with E-state index in [4.69, 9.17) is 14.2 Å². The third-order valence-corrected chi connectivity index (χ3v) is 3.98. The monoisotopic (exact) mass is 363 g/mol. The number of alkyl carbamates (subject to hydrolysis) is 1. The van der Waals surface area contributed by atoms with Crippen LogP contribution in [0.1, 0.15) is 45.6 Å². The Bertz CT molecular complexity index is 563. The second-order valence-corrected chi connectivity index (χ2v) is 7.48. The molecule has 1 N–H and O–H groups in total. The molecule has 26 heavy (non-hydrogen) atoms. The van der Waals surface area contributed by atoms with Crippen LogP contribution in [0.3, 0.4) is 0 Å². The number of nitrogens with one attached hydrogen (secondary N) is 1. The molecule has 0 aliphatic carbocycles. The molecule has 0 bridgehead atoms. The molecule has 6 heteroatoms. The average molecular weight is 363 g/mol. The van der Waals surface area contributed by atoms with Crippen LogP contribution in [-0.4, -0.2) is 43.0 Å². The molecule has 1 aromatic carbocycles. The van der Waals surface area contributed by atoms with E-state index in [2.05, 4.69) is 5.32 Å². The van der Waals surface area contributed by atoms with Crippen LogP contribution in [0.15, 0.2) is 30.3 Å². The summed E-state index contributed by atoms with van der Waals surface area (Å²) in [5.41, 5.74) is 0.374. The number of rotatable bonds is 7. The molecular formula is C20H29NO5. The molecule has 0 spiro atoms. The molecule has 1 aromatic rings. The molecular weight excluding hydrogens is 334 g/mol. The Balaban J connectivity index is 2.08. The third-order valence-electron chi connectivity index (χ3n) is 3.98. The number of hydrogen-bond donors (Lipinski definition) is 1. The van der Waals surface area contributed by atoms with E-state index < -0.39 is 30.1 Å². The van der Waals surface area contributed by atoms with Gasteiger partial charge in [0, 0.05) is 6.61 Å². The van der Waals surface area contributed by atoms with Crippen molar-refractivity contribution in [2.45, 2.75) is 70.5 Å².